The summed E-state index contributed by atoms with van der Waals surface area (Å²) in [6.45, 7) is 0.567. The Balaban J connectivity index is 2.02. The second-order valence-corrected chi connectivity index (χ2v) is 6.73. The summed E-state index contributed by atoms with van der Waals surface area (Å²) in [5, 5.41) is 12.7. The van der Waals surface area contributed by atoms with Gasteiger partial charge in [0.25, 0.3) is 0 Å². The summed E-state index contributed by atoms with van der Waals surface area (Å²) < 4.78 is 0.705. The lowest BCUT2D eigenvalue weighted by Gasteiger charge is -2.15. The van der Waals surface area contributed by atoms with E-state index in [1.165, 1.54) is 11.8 Å². The number of thiophene rings is 1. The number of thioether (sulfide) groups is 1. The van der Waals surface area contributed by atoms with Gasteiger partial charge in [-0.2, -0.15) is 11.3 Å². The van der Waals surface area contributed by atoms with Crippen molar-refractivity contribution in [3.63, 3.8) is 0 Å². The molecule has 1 aromatic heterocycles. The molecule has 3 nitrogen and oxygen atoms in total. The summed E-state index contributed by atoms with van der Waals surface area (Å²) in [6, 6.07) is 2.02. The fourth-order valence-corrected chi connectivity index (χ4v) is 4.02. The van der Waals surface area contributed by atoms with Gasteiger partial charge in [0, 0.05) is 13.0 Å². The van der Waals surface area contributed by atoms with Gasteiger partial charge in [-0.1, -0.05) is 36.2 Å². The molecular formula is C12H11NO2S4. The van der Waals surface area contributed by atoms with E-state index < -0.39 is 5.97 Å². The number of hydrogen-bond acceptors (Lipinski definition) is 5. The molecule has 1 aromatic rings. The molecular weight excluding hydrogens is 318 g/mol. The van der Waals surface area contributed by atoms with Crippen LogP contribution in [0.4, 0.5) is 0 Å². The average molecular weight is 329 g/mol. The van der Waals surface area contributed by atoms with Gasteiger partial charge >= 0.3 is 5.97 Å². The normalized spacial score (nSPS) is 17.5. The first kappa shape index (κ1) is 14.6. The Morgan fingerprint density at radius 2 is 2.26 bits per heavy atom. The molecule has 0 amide bonds. The Labute approximate surface area is 130 Å². The van der Waals surface area contributed by atoms with Gasteiger partial charge in [0.05, 0.1) is 4.91 Å². The van der Waals surface area contributed by atoms with Crippen molar-refractivity contribution in [3.05, 3.63) is 27.3 Å². The fraction of sp³-hybridized carbons (Fsp3) is 0.250. The molecule has 0 aromatic carbocycles. The van der Waals surface area contributed by atoms with Crippen molar-refractivity contribution < 1.29 is 9.90 Å². The molecule has 0 unspecified atom stereocenters. The quantitative estimate of drug-likeness (QED) is 0.657. The van der Waals surface area contributed by atoms with E-state index in [1.807, 2.05) is 27.8 Å². The molecule has 1 aliphatic heterocycles. The molecule has 0 atom stereocenters. The minimum atomic E-state index is -0.794. The van der Waals surface area contributed by atoms with Gasteiger partial charge in [-0.15, -0.1) is 0 Å². The molecule has 0 spiro atoms. The molecule has 1 fully saturated rings. The number of carboxylic acid groups (broad SMARTS) is 1. The highest BCUT2D eigenvalue weighted by Crippen LogP contribution is 2.34. The third kappa shape index (κ3) is 3.85. The number of nitrogens with zero attached hydrogens (tertiary/aromatic N) is 1. The van der Waals surface area contributed by atoms with Crippen LogP contribution in [0.5, 0.6) is 0 Å². The summed E-state index contributed by atoms with van der Waals surface area (Å²) in [5.41, 5.74) is 1.12. The van der Waals surface area contributed by atoms with Crippen LogP contribution in [0, 0.1) is 0 Å². The van der Waals surface area contributed by atoms with Crippen molar-refractivity contribution >= 4 is 68.9 Å². The predicted octanol–water partition coefficient (Wildman–Crippen LogP) is 3.61. The second kappa shape index (κ2) is 6.60. The highest BCUT2D eigenvalue weighted by Gasteiger charge is 2.28. The molecule has 1 aliphatic rings. The van der Waals surface area contributed by atoms with E-state index in [-0.39, 0.29) is 6.42 Å². The first-order valence-corrected chi connectivity index (χ1v) is 8.15. The molecule has 0 aliphatic carbocycles. The Morgan fingerprint density at radius 3 is 2.89 bits per heavy atom. The van der Waals surface area contributed by atoms with Gasteiger partial charge in [0.15, 0.2) is 0 Å². The van der Waals surface area contributed by atoms with Crippen LogP contribution in [0.15, 0.2) is 21.7 Å². The summed E-state index contributed by atoms with van der Waals surface area (Å²) in [4.78, 5) is 14.0. The van der Waals surface area contributed by atoms with Gasteiger partial charge in [-0.3, -0.25) is 4.79 Å². The smallest absolute Gasteiger partial charge is 0.303 e. The minimum absolute atomic E-state index is 0.135. The molecule has 7 heteroatoms. The standard InChI is InChI=1S/C12H11NO2S4/c14-10(15)2-1-4-13-11(16)9(19-12(13)17)6-8-3-5-18-7-8/h3,5-7H,1-2,4H2,(H,14,15)/b9-6-. The van der Waals surface area contributed by atoms with E-state index in [9.17, 15) is 4.79 Å². The van der Waals surface area contributed by atoms with Crippen LogP contribution in [0.25, 0.3) is 6.08 Å². The van der Waals surface area contributed by atoms with E-state index in [4.69, 9.17) is 29.5 Å². The first-order chi connectivity index (χ1) is 9.08. The van der Waals surface area contributed by atoms with Crippen LogP contribution in [0.3, 0.4) is 0 Å². The van der Waals surface area contributed by atoms with Crippen LogP contribution >= 0.6 is 47.5 Å². The van der Waals surface area contributed by atoms with Crippen molar-refractivity contribution in [2.75, 3.05) is 6.54 Å². The molecule has 0 bridgehead atoms. The largest absolute Gasteiger partial charge is 0.481 e. The third-order valence-electron chi connectivity index (χ3n) is 2.49. The first-order valence-electron chi connectivity index (χ1n) is 5.57. The lowest BCUT2D eigenvalue weighted by molar-refractivity contribution is -0.137. The molecule has 1 N–H and O–H groups in total. The van der Waals surface area contributed by atoms with Crippen LogP contribution in [-0.2, 0) is 4.79 Å². The van der Waals surface area contributed by atoms with Crippen LogP contribution in [0.1, 0.15) is 18.4 Å². The second-order valence-electron chi connectivity index (χ2n) is 3.89. The van der Waals surface area contributed by atoms with E-state index in [2.05, 4.69) is 0 Å². The van der Waals surface area contributed by atoms with Crippen molar-refractivity contribution in [1.82, 2.24) is 4.90 Å². The summed E-state index contributed by atoms with van der Waals surface area (Å²) in [5.74, 6) is -0.794. The Hall–Kier alpha value is -0.760. The highest BCUT2D eigenvalue weighted by molar-refractivity contribution is 8.27. The number of aliphatic carboxylic acids is 1. The van der Waals surface area contributed by atoms with Gasteiger partial charge in [-0.05, 0) is 34.9 Å². The predicted molar refractivity (Wildman–Crippen MR) is 88.7 cm³/mol. The summed E-state index contributed by atoms with van der Waals surface area (Å²) in [7, 11) is 0. The molecule has 0 radical (unpaired) electrons. The maximum absolute atomic E-state index is 10.5. The van der Waals surface area contributed by atoms with Crippen molar-refractivity contribution in [2.45, 2.75) is 12.8 Å². The third-order valence-corrected chi connectivity index (χ3v) is 5.15. The summed E-state index contributed by atoms with van der Waals surface area (Å²) in [6.07, 6.45) is 2.70. The van der Waals surface area contributed by atoms with Gasteiger partial charge in [-0.25, -0.2) is 0 Å². The Bertz CT molecular complexity index is 536. The minimum Gasteiger partial charge on any atom is -0.481 e. The topological polar surface area (TPSA) is 40.5 Å². The molecule has 2 rings (SSSR count). The molecule has 2 heterocycles. The van der Waals surface area contributed by atoms with Gasteiger partial charge in [0.2, 0.25) is 0 Å². The SMILES string of the molecule is O=C(O)CCCN1C(=S)S/C(=C\c2ccsc2)C1=S. The van der Waals surface area contributed by atoms with Crippen molar-refractivity contribution in [1.29, 1.82) is 0 Å². The maximum atomic E-state index is 10.5. The number of carboxylic acids is 1. The van der Waals surface area contributed by atoms with Crippen LogP contribution < -0.4 is 0 Å². The van der Waals surface area contributed by atoms with Crippen LogP contribution in [-0.4, -0.2) is 31.8 Å². The molecule has 0 saturated carbocycles. The van der Waals surface area contributed by atoms with Gasteiger partial charge < -0.3 is 10.0 Å². The number of hydrogen-bond donors (Lipinski definition) is 1. The van der Waals surface area contributed by atoms with E-state index in [1.54, 1.807) is 11.3 Å². The van der Waals surface area contributed by atoms with E-state index >= 15 is 0 Å². The van der Waals surface area contributed by atoms with Crippen LogP contribution in [0.2, 0.25) is 0 Å². The zero-order valence-corrected chi connectivity index (χ0v) is 13.1. The van der Waals surface area contributed by atoms with Gasteiger partial charge in [0.1, 0.15) is 9.31 Å². The lowest BCUT2D eigenvalue weighted by atomic mass is 10.3. The number of rotatable bonds is 5. The zero-order chi connectivity index (χ0) is 13.8. The maximum Gasteiger partial charge on any atom is 0.303 e. The number of carbonyl (C=O) groups is 1. The van der Waals surface area contributed by atoms with E-state index in [0.717, 1.165) is 10.5 Å². The van der Waals surface area contributed by atoms with E-state index in [0.29, 0.717) is 22.3 Å². The number of thiocarbonyl (C=S) groups is 2. The molecule has 1 saturated heterocycles. The molecule has 100 valence electrons. The monoisotopic (exact) mass is 329 g/mol. The zero-order valence-electron chi connectivity index (χ0n) is 9.87. The highest BCUT2D eigenvalue weighted by atomic mass is 32.2. The summed E-state index contributed by atoms with van der Waals surface area (Å²) >= 11 is 13.8. The molecule has 19 heavy (non-hydrogen) atoms. The van der Waals surface area contributed by atoms with Crippen molar-refractivity contribution in [3.8, 4) is 0 Å². The fourth-order valence-electron chi connectivity index (χ4n) is 1.59. The van der Waals surface area contributed by atoms with Crippen molar-refractivity contribution in [2.24, 2.45) is 0 Å². The Kier molecular flexibility index (Phi) is 5.09. The lowest BCUT2D eigenvalue weighted by Crippen LogP contribution is -2.28. The Morgan fingerprint density at radius 1 is 1.47 bits per heavy atom. The average Bonchev–Trinajstić information content (AvgIpc) is 2.93.